The van der Waals surface area contributed by atoms with E-state index in [9.17, 15) is 4.79 Å². The van der Waals surface area contributed by atoms with E-state index in [1.807, 2.05) is 6.07 Å². The highest BCUT2D eigenvalue weighted by molar-refractivity contribution is 14.1. The predicted molar refractivity (Wildman–Crippen MR) is 81.3 cm³/mol. The van der Waals surface area contributed by atoms with Crippen LogP contribution in [0.15, 0.2) is 12.1 Å². The van der Waals surface area contributed by atoms with Crippen molar-refractivity contribution in [2.45, 2.75) is 13.0 Å². The molecule has 0 atom stereocenters. The highest BCUT2D eigenvalue weighted by Gasteiger charge is 2.22. The Hall–Kier alpha value is -0.660. The Balaban J connectivity index is 1.69. The minimum atomic E-state index is -0.179. The molecular formula is C14H17IN2O2. The molecule has 19 heavy (non-hydrogen) atoms. The van der Waals surface area contributed by atoms with Gasteiger partial charge in [0.25, 0.3) is 0 Å². The average molecular weight is 372 g/mol. The standard InChI is InChI=1S/C14H17IN2O2/c15-13-8-12-11(9-19-14(12)18)7-10(13)1-4-17-5-2-16-3-6-17/h7-8,16H,1-6,9H2. The first-order valence-corrected chi connectivity index (χ1v) is 7.73. The van der Waals surface area contributed by atoms with Crippen molar-refractivity contribution in [2.24, 2.45) is 0 Å². The molecule has 4 nitrogen and oxygen atoms in total. The Morgan fingerprint density at radius 2 is 2.11 bits per heavy atom. The topological polar surface area (TPSA) is 41.6 Å². The van der Waals surface area contributed by atoms with Crippen molar-refractivity contribution in [1.82, 2.24) is 10.2 Å². The second-order valence-corrected chi connectivity index (χ2v) is 6.18. The van der Waals surface area contributed by atoms with Crippen molar-refractivity contribution in [3.63, 3.8) is 0 Å². The van der Waals surface area contributed by atoms with Crippen molar-refractivity contribution in [3.05, 3.63) is 32.4 Å². The van der Waals surface area contributed by atoms with Crippen LogP contribution in [0.1, 0.15) is 21.5 Å². The Bertz CT molecular complexity index is 498. The molecule has 2 heterocycles. The minimum absolute atomic E-state index is 0.179. The van der Waals surface area contributed by atoms with E-state index in [0.29, 0.717) is 6.61 Å². The number of benzene rings is 1. The number of fused-ring (bicyclic) bond motifs is 1. The molecule has 0 aliphatic carbocycles. The molecule has 1 fully saturated rings. The second-order valence-electron chi connectivity index (χ2n) is 5.02. The summed E-state index contributed by atoms with van der Waals surface area (Å²) in [6.45, 7) is 5.95. The van der Waals surface area contributed by atoms with Gasteiger partial charge in [0.05, 0.1) is 5.56 Å². The number of ether oxygens (including phenoxy) is 1. The van der Waals surface area contributed by atoms with E-state index in [4.69, 9.17) is 4.74 Å². The van der Waals surface area contributed by atoms with E-state index in [-0.39, 0.29) is 5.97 Å². The molecule has 0 radical (unpaired) electrons. The average Bonchev–Trinajstić information content (AvgIpc) is 2.78. The molecule has 102 valence electrons. The van der Waals surface area contributed by atoms with Crippen LogP contribution in [-0.4, -0.2) is 43.6 Å². The van der Waals surface area contributed by atoms with Crippen molar-refractivity contribution >= 4 is 28.6 Å². The van der Waals surface area contributed by atoms with Gasteiger partial charge in [-0.1, -0.05) is 6.07 Å². The third-order valence-electron chi connectivity index (χ3n) is 3.76. The van der Waals surface area contributed by atoms with Crippen LogP contribution in [0.2, 0.25) is 0 Å². The van der Waals surface area contributed by atoms with Gasteiger partial charge >= 0.3 is 5.97 Å². The number of hydrogen-bond donors (Lipinski definition) is 1. The van der Waals surface area contributed by atoms with E-state index in [1.54, 1.807) is 0 Å². The van der Waals surface area contributed by atoms with Crippen LogP contribution >= 0.6 is 22.6 Å². The molecular weight excluding hydrogens is 355 g/mol. The lowest BCUT2D eigenvalue weighted by atomic mass is 10.0. The van der Waals surface area contributed by atoms with Crippen molar-refractivity contribution in [1.29, 1.82) is 0 Å². The van der Waals surface area contributed by atoms with Gasteiger partial charge in [0.2, 0.25) is 0 Å². The number of cyclic esters (lactones) is 1. The first kappa shape index (κ1) is 13.3. The van der Waals surface area contributed by atoms with E-state index in [2.05, 4.69) is 38.9 Å². The molecule has 1 aromatic carbocycles. The molecule has 2 aliphatic heterocycles. The number of nitrogens with zero attached hydrogens (tertiary/aromatic N) is 1. The number of hydrogen-bond acceptors (Lipinski definition) is 4. The van der Waals surface area contributed by atoms with Crippen LogP contribution in [0.3, 0.4) is 0 Å². The zero-order valence-corrected chi connectivity index (χ0v) is 12.9. The highest BCUT2D eigenvalue weighted by Crippen LogP contribution is 2.25. The first-order valence-electron chi connectivity index (χ1n) is 6.65. The SMILES string of the molecule is O=C1OCc2cc(CCN3CCNCC3)c(I)cc21. The van der Waals surface area contributed by atoms with Gasteiger partial charge in [0.15, 0.2) is 0 Å². The number of esters is 1. The summed E-state index contributed by atoms with van der Waals surface area (Å²) in [6, 6.07) is 4.11. The molecule has 1 aromatic rings. The van der Waals surface area contributed by atoms with Gasteiger partial charge in [0.1, 0.15) is 6.61 Å². The number of halogens is 1. The van der Waals surface area contributed by atoms with Crippen molar-refractivity contribution < 1.29 is 9.53 Å². The molecule has 0 bridgehead atoms. The molecule has 0 amide bonds. The zero-order chi connectivity index (χ0) is 13.2. The van der Waals surface area contributed by atoms with Gasteiger partial charge in [0, 0.05) is 41.9 Å². The maximum atomic E-state index is 11.5. The molecule has 1 N–H and O–H groups in total. The predicted octanol–water partition coefficient (Wildman–Crippen LogP) is 1.41. The maximum Gasteiger partial charge on any atom is 0.338 e. The fourth-order valence-corrected chi connectivity index (χ4v) is 3.34. The van der Waals surface area contributed by atoms with Gasteiger partial charge in [-0.15, -0.1) is 0 Å². The Kier molecular flexibility index (Phi) is 4.04. The van der Waals surface area contributed by atoms with Gasteiger partial charge in [-0.2, -0.15) is 0 Å². The molecule has 2 aliphatic rings. The van der Waals surface area contributed by atoms with Gasteiger partial charge < -0.3 is 15.0 Å². The number of rotatable bonds is 3. The van der Waals surface area contributed by atoms with E-state index in [1.165, 1.54) is 9.13 Å². The summed E-state index contributed by atoms with van der Waals surface area (Å²) >= 11 is 2.32. The van der Waals surface area contributed by atoms with Crippen LogP contribution in [0.25, 0.3) is 0 Å². The number of carbonyl (C=O) groups is 1. The van der Waals surface area contributed by atoms with Gasteiger partial charge in [-0.05, 0) is 40.6 Å². The van der Waals surface area contributed by atoms with Crippen LogP contribution in [-0.2, 0) is 17.8 Å². The minimum Gasteiger partial charge on any atom is -0.457 e. The van der Waals surface area contributed by atoms with Crippen molar-refractivity contribution in [2.75, 3.05) is 32.7 Å². The Morgan fingerprint density at radius 1 is 1.32 bits per heavy atom. The van der Waals surface area contributed by atoms with E-state index < -0.39 is 0 Å². The van der Waals surface area contributed by atoms with Gasteiger partial charge in [-0.25, -0.2) is 4.79 Å². The molecule has 0 unspecified atom stereocenters. The molecule has 1 saturated heterocycles. The van der Waals surface area contributed by atoms with E-state index >= 15 is 0 Å². The fourth-order valence-electron chi connectivity index (χ4n) is 2.60. The monoisotopic (exact) mass is 372 g/mol. The summed E-state index contributed by atoms with van der Waals surface area (Å²) in [6.07, 6.45) is 1.04. The number of carbonyl (C=O) groups excluding carboxylic acids is 1. The fraction of sp³-hybridized carbons (Fsp3) is 0.500. The summed E-state index contributed by atoms with van der Waals surface area (Å²) in [4.78, 5) is 14.0. The van der Waals surface area contributed by atoms with Crippen LogP contribution in [0.5, 0.6) is 0 Å². The lowest BCUT2D eigenvalue weighted by Crippen LogP contribution is -2.44. The van der Waals surface area contributed by atoms with E-state index in [0.717, 1.165) is 50.3 Å². The summed E-state index contributed by atoms with van der Waals surface area (Å²) in [5.74, 6) is -0.179. The quantitative estimate of drug-likeness (QED) is 0.644. The molecule has 0 saturated carbocycles. The van der Waals surface area contributed by atoms with Gasteiger partial charge in [-0.3, -0.25) is 0 Å². The summed E-state index contributed by atoms with van der Waals surface area (Å²) in [5.41, 5.74) is 3.12. The molecule has 0 spiro atoms. The maximum absolute atomic E-state index is 11.5. The third-order valence-corrected chi connectivity index (χ3v) is 4.76. The third kappa shape index (κ3) is 2.93. The largest absolute Gasteiger partial charge is 0.457 e. The lowest BCUT2D eigenvalue weighted by molar-refractivity contribution is 0.0535. The second kappa shape index (κ2) is 5.76. The highest BCUT2D eigenvalue weighted by atomic mass is 127. The van der Waals surface area contributed by atoms with Crippen LogP contribution < -0.4 is 5.32 Å². The first-order chi connectivity index (χ1) is 9.24. The molecule has 5 heteroatoms. The Labute approximate surface area is 126 Å². The van der Waals surface area contributed by atoms with Crippen molar-refractivity contribution in [3.8, 4) is 0 Å². The summed E-state index contributed by atoms with van der Waals surface area (Å²) in [5, 5.41) is 3.37. The zero-order valence-electron chi connectivity index (χ0n) is 10.7. The smallest absolute Gasteiger partial charge is 0.338 e. The summed E-state index contributed by atoms with van der Waals surface area (Å²) < 4.78 is 6.24. The number of nitrogens with one attached hydrogen (secondary N) is 1. The molecule has 0 aromatic heterocycles. The number of piperazine rings is 1. The van der Waals surface area contributed by atoms with Crippen LogP contribution in [0.4, 0.5) is 0 Å². The molecule has 3 rings (SSSR count). The van der Waals surface area contributed by atoms with Crippen LogP contribution in [0, 0.1) is 3.57 Å². The summed E-state index contributed by atoms with van der Waals surface area (Å²) in [7, 11) is 0. The lowest BCUT2D eigenvalue weighted by Gasteiger charge is -2.27. The normalized spacial score (nSPS) is 19.3. The Morgan fingerprint density at radius 3 is 2.89 bits per heavy atom.